The van der Waals surface area contributed by atoms with Gasteiger partial charge in [-0.25, -0.2) is 14.9 Å². The highest BCUT2D eigenvalue weighted by atomic mass is 16.7. The van der Waals surface area contributed by atoms with Crippen molar-refractivity contribution in [2.75, 3.05) is 13.6 Å². The Morgan fingerprint density at radius 2 is 2.04 bits per heavy atom. The number of aliphatic imine (C=N–C) groups is 1. The predicted octanol–water partition coefficient (Wildman–Crippen LogP) is 2.59. The summed E-state index contributed by atoms with van der Waals surface area (Å²) in [4.78, 5) is 25.1. The molecule has 0 N–H and O–H groups in total. The smallest absolute Gasteiger partial charge is 0.227 e. The van der Waals surface area contributed by atoms with Gasteiger partial charge in [-0.1, -0.05) is 24.3 Å². The molecule has 1 atom stereocenters. The molecule has 130 valence electrons. The third kappa shape index (κ3) is 3.05. The number of hydrogen-bond donors (Lipinski definition) is 0. The Morgan fingerprint density at radius 3 is 2.80 bits per heavy atom. The molecule has 2 aliphatic rings. The molecule has 0 aliphatic carbocycles. The van der Waals surface area contributed by atoms with E-state index >= 15 is 0 Å². The molecule has 2 aliphatic heterocycles. The molecule has 1 unspecified atom stereocenters. The van der Waals surface area contributed by atoms with Crippen molar-refractivity contribution in [2.24, 2.45) is 4.99 Å². The van der Waals surface area contributed by atoms with Crippen molar-refractivity contribution < 1.29 is 14.0 Å². The molecular formula is C19H21N3O3. The van der Waals surface area contributed by atoms with Gasteiger partial charge in [-0.3, -0.25) is 4.79 Å². The van der Waals surface area contributed by atoms with Crippen molar-refractivity contribution in [1.82, 2.24) is 9.96 Å². The lowest BCUT2D eigenvalue weighted by Crippen LogP contribution is -2.40. The standard InChI is InChI=1S/C19H21N3O3/c1-19(20-18(21(2)25-19)16-8-5-11-24-16)12-17(23)22-10-9-14-6-3-4-7-15(14)13-22/h3-8,11H,9-10,12-13H2,1-2H3. The highest BCUT2D eigenvalue weighted by Gasteiger charge is 2.40. The van der Waals surface area contributed by atoms with Gasteiger partial charge in [-0.2, -0.15) is 0 Å². The fourth-order valence-electron chi connectivity index (χ4n) is 3.44. The average Bonchev–Trinajstić information content (AvgIpc) is 3.22. The second-order valence-electron chi connectivity index (χ2n) is 6.69. The van der Waals surface area contributed by atoms with E-state index in [9.17, 15) is 4.79 Å². The summed E-state index contributed by atoms with van der Waals surface area (Å²) in [6.45, 7) is 3.21. The molecule has 0 fully saturated rings. The van der Waals surface area contributed by atoms with Gasteiger partial charge in [0.2, 0.25) is 5.91 Å². The van der Waals surface area contributed by atoms with Crippen LogP contribution in [0.4, 0.5) is 0 Å². The van der Waals surface area contributed by atoms with Crippen LogP contribution in [0, 0.1) is 0 Å². The Hall–Kier alpha value is -2.60. The van der Waals surface area contributed by atoms with Crippen LogP contribution < -0.4 is 0 Å². The first-order valence-corrected chi connectivity index (χ1v) is 8.45. The Morgan fingerprint density at radius 1 is 1.24 bits per heavy atom. The average molecular weight is 339 g/mol. The van der Waals surface area contributed by atoms with Crippen LogP contribution >= 0.6 is 0 Å². The van der Waals surface area contributed by atoms with Gasteiger partial charge in [0.1, 0.15) is 0 Å². The number of rotatable bonds is 3. The SMILES string of the molecule is CN1OC(C)(CC(=O)N2CCc3ccccc3C2)N=C1c1ccco1. The highest BCUT2D eigenvalue weighted by Crippen LogP contribution is 2.29. The molecule has 0 saturated carbocycles. The van der Waals surface area contributed by atoms with Gasteiger partial charge in [0.05, 0.1) is 12.7 Å². The summed E-state index contributed by atoms with van der Waals surface area (Å²) in [7, 11) is 1.77. The normalized spacial score (nSPS) is 22.7. The number of nitrogens with zero attached hydrogens (tertiary/aromatic N) is 3. The largest absolute Gasteiger partial charge is 0.461 e. The molecule has 0 spiro atoms. The number of hydroxylamine groups is 2. The lowest BCUT2D eigenvalue weighted by atomic mass is 9.99. The van der Waals surface area contributed by atoms with Gasteiger partial charge in [-0.05, 0) is 36.6 Å². The molecule has 6 heteroatoms. The van der Waals surface area contributed by atoms with E-state index in [1.807, 2.05) is 30.0 Å². The number of furan rings is 1. The second-order valence-corrected chi connectivity index (χ2v) is 6.69. The maximum absolute atomic E-state index is 12.8. The summed E-state index contributed by atoms with van der Waals surface area (Å²) < 4.78 is 5.39. The Kier molecular flexibility index (Phi) is 3.84. The van der Waals surface area contributed by atoms with Crippen LogP contribution in [0.1, 0.15) is 30.2 Å². The molecule has 25 heavy (non-hydrogen) atoms. The predicted molar refractivity (Wildman–Crippen MR) is 92.7 cm³/mol. The molecule has 1 aromatic heterocycles. The van der Waals surface area contributed by atoms with Gasteiger partial charge >= 0.3 is 0 Å². The lowest BCUT2D eigenvalue weighted by Gasteiger charge is -2.31. The number of carbonyl (C=O) groups is 1. The van der Waals surface area contributed by atoms with Crippen molar-refractivity contribution in [3.63, 3.8) is 0 Å². The number of benzene rings is 1. The summed E-state index contributed by atoms with van der Waals surface area (Å²) >= 11 is 0. The third-order valence-electron chi connectivity index (χ3n) is 4.68. The molecule has 1 amide bonds. The molecule has 0 bridgehead atoms. The second kappa shape index (κ2) is 6.04. The molecule has 0 saturated heterocycles. The molecule has 6 nitrogen and oxygen atoms in total. The maximum atomic E-state index is 12.8. The van der Waals surface area contributed by atoms with Gasteiger partial charge in [-0.15, -0.1) is 0 Å². The molecule has 1 aromatic carbocycles. The summed E-state index contributed by atoms with van der Waals surface area (Å²) in [6, 6.07) is 11.9. The zero-order chi connectivity index (χ0) is 17.4. The van der Waals surface area contributed by atoms with Crippen LogP contribution in [-0.4, -0.2) is 41.0 Å². The number of amidine groups is 1. The minimum atomic E-state index is -0.912. The van der Waals surface area contributed by atoms with E-state index in [1.165, 1.54) is 11.1 Å². The van der Waals surface area contributed by atoms with Crippen molar-refractivity contribution in [3.05, 3.63) is 59.5 Å². The zero-order valence-corrected chi connectivity index (χ0v) is 14.4. The van der Waals surface area contributed by atoms with E-state index in [0.717, 1.165) is 13.0 Å². The van der Waals surface area contributed by atoms with Crippen LogP contribution in [0.2, 0.25) is 0 Å². The first-order chi connectivity index (χ1) is 12.0. The Labute approximate surface area is 146 Å². The molecular weight excluding hydrogens is 318 g/mol. The van der Waals surface area contributed by atoms with Crippen LogP contribution in [0.15, 0.2) is 52.1 Å². The van der Waals surface area contributed by atoms with Crippen LogP contribution in [0.5, 0.6) is 0 Å². The van der Waals surface area contributed by atoms with E-state index in [1.54, 1.807) is 24.4 Å². The van der Waals surface area contributed by atoms with E-state index in [2.05, 4.69) is 17.1 Å². The van der Waals surface area contributed by atoms with E-state index in [4.69, 9.17) is 9.25 Å². The fourth-order valence-corrected chi connectivity index (χ4v) is 3.44. The molecule has 2 aromatic rings. The highest BCUT2D eigenvalue weighted by molar-refractivity contribution is 5.96. The van der Waals surface area contributed by atoms with Crippen LogP contribution in [0.25, 0.3) is 0 Å². The van der Waals surface area contributed by atoms with E-state index < -0.39 is 5.72 Å². The first-order valence-electron chi connectivity index (χ1n) is 8.45. The van der Waals surface area contributed by atoms with Crippen molar-refractivity contribution in [2.45, 2.75) is 32.0 Å². The third-order valence-corrected chi connectivity index (χ3v) is 4.68. The topological polar surface area (TPSA) is 58.3 Å². The lowest BCUT2D eigenvalue weighted by molar-refractivity contribution is -0.171. The van der Waals surface area contributed by atoms with Gasteiger partial charge in [0, 0.05) is 20.1 Å². The van der Waals surface area contributed by atoms with E-state index in [0.29, 0.717) is 18.1 Å². The minimum Gasteiger partial charge on any atom is -0.461 e. The Balaban J connectivity index is 1.48. The zero-order valence-electron chi connectivity index (χ0n) is 14.4. The quantitative estimate of drug-likeness (QED) is 0.862. The maximum Gasteiger partial charge on any atom is 0.227 e. The van der Waals surface area contributed by atoms with Crippen LogP contribution in [0.3, 0.4) is 0 Å². The fraction of sp³-hybridized carbons (Fsp3) is 0.368. The van der Waals surface area contributed by atoms with Crippen molar-refractivity contribution >= 4 is 11.7 Å². The number of fused-ring (bicyclic) bond motifs is 1. The monoisotopic (exact) mass is 339 g/mol. The van der Waals surface area contributed by atoms with Crippen molar-refractivity contribution in [1.29, 1.82) is 0 Å². The van der Waals surface area contributed by atoms with Crippen LogP contribution in [-0.2, 0) is 22.6 Å². The molecule has 4 rings (SSSR count). The first kappa shape index (κ1) is 15.9. The van der Waals surface area contributed by atoms with Gasteiger partial charge < -0.3 is 9.32 Å². The summed E-state index contributed by atoms with van der Waals surface area (Å²) in [6.07, 6.45) is 2.68. The minimum absolute atomic E-state index is 0.0508. The summed E-state index contributed by atoms with van der Waals surface area (Å²) in [5.74, 6) is 1.28. The summed E-state index contributed by atoms with van der Waals surface area (Å²) in [5.41, 5.74) is 1.63. The Bertz CT molecular complexity index is 815. The number of amides is 1. The van der Waals surface area contributed by atoms with E-state index in [-0.39, 0.29) is 12.3 Å². The number of carbonyl (C=O) groups excluding carboxylic acids is 1. The van der Waals surface area contributed by atoms with Gasteiger partial charge in [0.25, 0.3) is 0 Å². The summed E-state index contributed by atoms with van der Waals surface area (Å²) in [5, 5.41) is 1.57. The number of hydrogen-bond acceptors (Lipinski definition) is 5. The molecule has 0 radical (unpaired) electrons. The molecule has 3 heterocycles. The van der Waals surface area contributed by atoms with Gasteiger partial charge in [0.15, 0.2) is 17.3 Å². The van der Waals surface area contributed by atoms with Crippen molar-refractivity contribution in [3.8, 4) is 0 Å².